The lowest BCUT2D eigenvalue weighted by atomic mass is 10.1. The Labute approximate surface area is 118 Å². The molecule has 2 aromatic heterocycles. The van der Waals surface area contributed by atoms with Crippen LogP contribution in [0.5, 0.6) is 5.75 Å². The van der Waals surface area contributed by atoms with Crippen molar-refractivity contribution in [2.75, 3.05) is 0 Å². The fraction of sp³-hybridized carbons (Fsp3) is 0.0769. The number of carbonyl (C=O) groups is 1. The molecule has 0 spiro atoms. The van der Waals surface area contributed by atoms with Crippen molar-refractivity contribution in [1.82, 2.24) is 0 Å². The molecule has 0 saturated carbocycles. The molecule has 0 radical (unpaired) electrons. The summed E-state index contributed by atoms with van der Waals surface area (Å²) in [4.78, 5) is 12.2. The number of hydrogen-bond donors (Lipinski definition) is 0. The van der Waals surface area contributed by atoms with E-state index in [1.807, 2.05) is 42.0 Å². The van der Waals surface area contributed by atoms with Gasteiger partial charge in [-0.3, -0.25) is 4.79 Å². The minimum atomic E-state index is -0.295. The number of ether oxygens (including phenoxy) is 1. The maximum atomic E-state index is 11.0. The molecule has 3 rings (SSSR count). The van der Waals surface area contributed by atoms with E-state index >= 15 is 0 Å². The van der Waals surface area contributed by atoms with E-state index in [1.54, 1.807) is 11.3 Å². The Balaban J connectivity index is 0.00000120. The molecule has 0 unspecified atom stereocenters. The summed E-state index contributed by atoms with van der Waals surface area (Å²) in [5.74, 6) is 0.322. The fourth-order valence-corrected chi connectivity index (χ4v) is 2.61. The third kappa shape index (κ3) is 2.23. The van der Waals surface area contributed by atoms with Gasteiger partial charge in [-0.05, 0) is 12.1 Å². The number of rotatable bonds is 1. The highest BCUT2D eigenvalue weighted by Gasteiger charge is 2.11. The molecule has 0 aliphatic rings. The number of aromatic nitrogens is 1. The fourth-order valence-electron chi connectivity index (χ4n) is 1.86. The van der Waals surface area contributed by atoms with Crippen LogP contribution < -0.4 is 26.1 Å². The molecule has 1 aromatic carbocycles. The van der Waals surface area contributed by atoms with Crippen LogP contribution in [-0.2, 0) is 4.79 Å². The first-order valence-electron chi connectivity index (χ1n) is 5.24. The van der Waals surface area contributed by atoms with Crippen molar-refractivity contribution in [2.45, 2.75) is 6.92 Å². The summed E-state index contributed by atoms with van der Waals surface area (Å²) in [5.41, 5.74) is 0. The first-order chi connectivity index (χ1) is 8.24. The van der Waals surface area contributed by atoms with Gasteiger partial charge in [0.2, 0.25) is 0 Å². The van der Waals surface area contributed by atoms with Gasteiger partial charge in [0.15, 0.2) is 12.4 Å². The van der Waals surface area contributed by atoms with E-state index in [-0.39, 0.29) is 23.0 Å². The quantitative estimate of drug-likeness (QED) is 0.345. The molecule has 92 valence electrons. The molecule has 18 heavy (non-hydrogen) atoms. The minimum Gasteiger partial charge on any atom is -1.00 e. The molecule has 0 fully saturated rings. The molecule has 0 N–H and O–H groups in total. The van der Waals surface area contributed by atoms with Crippen LogP contribution in [0.1, 0.15) is 6.92 Å². The smallest absolute Gasteiger partial charge is 0.308 e. The van der Waals surface area contributed by atoms with Crippen molar-refractivity contribution in [3.05, 3.63) is 42.0 Å². The van der Waals surface area contributed by atoms with Crippen LogP contribution in [0.15, 0.2) is 42.0 Å². The van der Waals surface area contributed by atoms with Gasteiger partial charge < -0.3 is 21.7 Å². The predicted octanol–water partition coefficient (Wildman–Crippen LogP) is -0.431. The second-order valence-corrected chi connectivity index (χ2v) is 4.70. The van der Waals surface area contributed by atoms with E-state index in [0.29, 0.717) is 5.75 Å². The highest BCUT2D eigenvalue weighted by atomic mass is 79.9. The van der Waals surface area contributed by atoms with Crippen molar-refractivity contribution in [1.29, 1.82) is 0 Å². The molecule has 0 aliphatic heterocycles. The van der Waals surface area contributed by atoms with Crippen LogP contribution in [0, 0.1) is 0 Å². The highest BCUT2D eigenvalue weighted by Crippen LogP contribution is 2.26. The Morgan fingerprint density at radius 3 is 3.00 bits per heavy atom. The van der Waals surface area contributed by atoms with Crippen LogP contribution in [0.3, 0.4) is 0 Å². The second kappa shape index (κ2) is 5.04. The maximum absolute atomic E-state index is 11.0. The van der Waals surface area contributed by atoms with Crippen molar-refractivity contribution in [3.8, 4) is 5.75 Å². The molecule has 0 bridgehead atoms. The summed E-state index contributed by atoms with van der Waals surface area (Å²) in [5, 5.41) is 4.05. The van der Waals surface area contributed by atoms with Gasteiger partial charge in [0.1, 0.15) is 5.75 Å². The number of pyridine rings is 1. The summed E-state index contributed by atoms with van der Waals surface area (Å²) < 4.78 is 7.27. The number of thiazole rings is 1. The third-order valence-electron chi connectivity index (χ3n) is 2.56. The monoisotopic (exact) mass is 323 g/mol. The normalized spacial score (nSPS) is 10.3. The van der Waals surface area contributed by atoms with Crippen LogP contribution in [0.2, 0.25) is 0 Å². The Morgan fingerprint density at radius 2 is 2.22 bits per heavy atom. The van der Waals surface area contributed by atoms with Crippen molar-refractivity contribution in [2.24, 2.45) is 0 Å². The lowest BCUT2D eigenvalue weighted by Crippen LogP contribution is -3.00. The van der Waals surface area contributed by atoms with E-state index in [9.17, 15) is 4.79 Å². The van der Waals surface area contributed by atoms with Crippen molar-refractivity contribution < 1.29 is 30.9 Å². The number of benzene rings is 1. The lowest BCUT2D eigenvalue weighted by Gasteiger charge is -2.03. The first-order valence-corrected chi connectivity index (χ1v) is 6.12. The zero-order valence-corrected chi connectivity index (χ0v) is 12.0. The topological polar surface area (TPSA) is 30.4 Å². The number of nitrogens with zero attached hydrogens (tertiary/aromatic N) is 1. The zero-order valence-electron chi connectivity index (χ0n) is 9.59. The summed E-state index contributed by atoms with van der Waals surface area (Å²) in [7, 11) is 0. The molecular formula is C13H10BrNO2S. The average molecular weight is 324 g/mol. The lowest BCUT2D eigenvalue weighted by molar-refractivity contribution is -0.505. The molecular weight excluding hydrogens is 314 g/mol. The predicted molar refractivity (Wildman–Crippen MR) is 66.3 cm³/mol. The van der Waals surface area contributed by atoms with Crippen molar-refractivity contribution in [3.63, 3.8) is 0 Å². The van der Waals surface area contributed by atoms with Gasteiger partial charge in [0, 0.05) is 18.4 Å². The number of halogens is 1. The Morgan fingerprint density at radius 1 is 1.39 bits per heavy atom. The number of fused-ring (bicyclic) bond motifs is 2. The van der Waals surface area contributed by atoms with Crippen molar-refractivity contribution >= 4 is 32.9 Å². The van der Waals surface area contributed by atoms with Crippen LogP contribution in [0.25, 0.3) is 15.6 Å². The molecule has 0 saturated heterocycles. The Kier molecular flexibility index (Phi) is 3.63. The molecule has 2 heterocycles. The average Bonchev–Trinajstić information content (AvgIpc) is 2.73. The molecule has 3 aromatic rings. The molecule has 3 nitrogen and oxygen atoms in total. The van der Waals surface area contributed by atoms with E-state index < -0.39 is 0 Å². The summed E-state index contributed by atoms with van der Waals surface area (Å²) in [6.45, 7) is 1.41. The largest absolute Gasteiger partial charge is 1.00 e. The van der Waals surface area contributed by atoms with Crippen LogP contribution in [0.4, 0.5) is 0 Å². The van der Waals surface area contributed by atoms with Gasteiger partial charge in [-0.1, -0.05) is 17.4 Å². The summed E-state index contributed by atoms with van der Waals surface area (Å²) in [6.07, 6.45) is 4.05. The molecule has 0 atom stereocenters. The molecule has 5 heteroatoms. The highest BCUT2D eigenvalue weighted by molar-refractivity contribution is 7.15. The second-order valence-electron chi connectivity index (χ2n) is 3.77. The third-order valence-corrected chi connectivity index (χ3v) is 3.39. The van der Waals surface area contributed by atoms with Gasteiger partial charge in [0.25, 0.3) is 4.83 Å². The number of esters is 1. The zero-order chi connectivity index (χ0) is 11.8. The van der Waals surface area contributed by atoms with E-state index in [2.05, 4.69) is 4.40 Å². The molecule has 0 amide bonds. The standard InChI is InChI=1S/C13H10NO2S.BrH/c1-9(15)16-12-4-2-3-10-8-14-5-6-17-13(14)7-11(10)12;/h2-8H,1H3;1H/q+1;/p-1. The van der Waals surface area contributed by atoms with Crippen LogP contribution >= 0.6 is 11.3 Å². The number of carbonyl (C=O) groups excluding carboxylic acids is 1. The summed E-state index contributed by atoms with van der Waals surface area (Å²) >= 11 is 1.65. The van der Waals surface area contributed by atoms with Gasteiger partial charge >= 0.3 is 5.97 Å². The Bertz CT molecular complexity index is 723. The van der Waals surface area contributed by atoms with E-state index in [0.717, 1.165) is 15.6 Å². The SMILES string of the molecule is CC(=O)Oc1cccc2c[n+]3ccsc3cc12.[Br-]. The minimum absolute atomic E-state index is 0. The van der Waals surface area contributed by atoms with E-state index in [1.165, 1.54) is 6.92 Å². The number of hydrogen-bond acceptors (Lipinski definition) is 3. The van der Waals surface area contributed by atoms with Gasteiger partial charge in [0.05, 0.1) is 10.8 Å². The van der Waals surface area contributed by atoms with E-state index in [4.69, 9.17) is 4.74 Å². The van der Waals surface area contributed by atoms with Gasteiger partial charge in [-0.2, -0.15) is 4.40 Å². The summed E-state index contributed by atoms with van der Waals surface area (Å²) in [6, 6.07) is 7.75. The maximum Gasteiger partial charge on any atom is 0.308 e. The molecule has 0 aliphatic carbocycles. The first kappa shape index (κ1) is 13.0. The van der Waals surface area contributed by atoms with Gasteiger partial charge in [-0.15, -0.1) is 0 Å². The van der Waals surface area contributed by atoms with Crippen LogP contribution in [-0.4, -0.2) is 5.97 Å². The van der Waals surface area contributed by atoms with Gasteiger partial charge in [-0.25, -0.2) is 0 Å². The Hall–Kier alpha value is -1.46.